The molecule has 4 rings (SSSR count). The van der Waals surface area contributed by atoms with Gasteiger partial charge in [-0.05, 0) is 67.9 Å². The SMILES string of the molecule is CC1CCCN(C(=O)[C@@H](Cc2ccc(Cl)cc2)NC2CCN(C(=O)c3ccccc3)CC2)C1. The molecule has 2 saturated heterocycles. The van der Waals surface area contributed by atoms with Gasteiger partial charge in [-0.3, -0.25) is 9.59 Å². The van der Waals surface area contributed by atoms with E-state index >= 15 is 0 Å². The zero-order valence-electron chi connectivity index (χ0n) is 19.4. The summed E-state index contributed by atoms with van der Waals surface area (Å²) in [7, 11) is 0. The Balaban J connectivity index is 1.40. The normalized spacial score (nSPS) is 20.5. The van der Waals surface area contributed by atoms with Crippen molar-refractivity contribution in [1.82, 2.24) is 15.1 Å². The van der Waals surface area contributed by atoms with Crippen LogP contribution >= 0.6 is 11.6 Å². The van der Waals surface area contributed by atoms with Crippen molar-refractivity contribution in [3.05, 3.63) is 70.7 Å². The van der Waals surface area contributed by atoms with Crippen molar-refractivity contribution in [1.29, 1.82) is 0 Å². The van der Waals surface area contributed by atoms with Gasteiger partial charge in [-0.1, -0.05) is 48.9 Å². The highest BCUT2D eigenvalue weighted by molar-refractivity contribution is 6.30. The number of nitrogens with one attached hydrogen (secondary N) is 1. The van der Waals surface area contributed by atoms with Crippen LogP contribution in [0.3, 0.4) is 0 Å². The van der Waals surface area contributed by atoms with E-state index in [4.69, 9.17) is 11.6 Å². The fraction of sp³-hybridized carbons (Fsp3) is 0.481. The molecule has 2 aliphatic rings. The molecule has 176 valence electrons. The minimum Gasteiger partial charge on any atom is -0.341 e. The summed E-state index contributed by atoms with van der Waals surface area (Å²) in [4.78, 5) is 30.3. The topological polar surface area (TPSA) is 52.7 Å². The van der Waals surface area contributed by atoms with E-state index in [-0.39, 0.29) is 23.9 Å². The standard InChI is InChI=1S/C27H34ClN3O2/c1-20-6-5-15-31(19-20)27(33)25(18-21-9-11-23(28)12-10-21)29-24-13-16-30(17-14-24)26(32)22-7-3-2-4-8-22/h2-4,7-12,20,24-25,29H,5-6,13-19H2,1H3/t20?,25-/m1/s1. The maximum atomic E-state index is 13.5. The van der Waals surface area contributed by atoms with E-state index in [1.165, 1.54) is 6.42 Å². The number of benzene rings is 2. The van der Waals surface area contributed by atoms with E-state index in [0.29, 0.717) is 30.5 Å². The van der Waals surface area contributed by atoms with Crippen molar-refractivity contribution in [2.75, 3.05) is 26.2 Å². The van der Waals surface area contributed by atoms with E-state index in [1.54, 1.807) is 0 Å². The molecular formula is C27H34ClN3O2. The van der Waals surface area contributed by atoms with Gasteiger partial charge < -0.3 is 15.1 Å². The van der Waals surface area contributed by atoms with Gasteiger partial charge in [-0.2, -0.15) is 0 Å². The number of amides is 2. The number of carbonyl (C=O) groups is 2. The lowest BCUT2D eigenvalue weighted by Gasteiger charge is -2.37. The summed E-state index contributed by atoms with van der Waals surface area (Å²) < 4.78 is 0. The Morgan fingerprint density at radius 3 is 2.33 bits per heavy atom. The smallest absolute Gasteiger partial charge is 0.253 e. The molecule has 0 bridgehead atoms. The zero-order valence-corrected chi connectivity index (χ0v) is 20.1. The lowest BCUT2D eigenvalue weighted by Crippen LogP contribution is -2.55. The number of piperidine rings is 2. The highest BCUT2D eigenvalue weighted by Gasteiger charge is 2.31. The number of hydrogen-bond donors (Lipinski definition) is 1. The molecule has 2 aromatic carbocycles. The van der Waals surface area contributed by atoms with Gasteiger partial charge in [0.2, 0.25) is 5.91 Å². The number of nitrogens with zero attached hydrogens (tertiary/aromatic N) is 2. The summed E-state index contributed by atoms with van der Waals surface area (Å²) in [6, 6.07) is 17.2. The number of likely N-dealkylation sites (tertiary alicyclic amines) is 2. The summed E-state index contributed by atoms with van der Waals surface area (Å²) in [5, 5.41) is 4.37. The Kier molecular flexibility index (Phi) is 8.05. The number of halogens is 1. The summed E-state index contributed by atoms with van der Waals surface area (Å²) in [6.07, 6.45) is 4.59. The molecule has 2 amide bonds. The molecule has 0 radical (unpaired) electrons. The van der Waals surface area contributed by atoms with E-state index in [2.05, 4.69) is 12.2 Å². The molecule has 0 saturated carbocycles. The third-order valence-corrected chi connectivity index (χ3v) is 7.11. The summed E-state index contributed by atoms with van der Waals surface area (Å²) in [5.41, 5.74) is 1.84. The van der Waals surface area contributed by atoms with Crippen LogP contribution in [0.15, 0.2) is 54.6 Å². The second kappa shape index (κ2) is 11.2. The van der Waals surface area contributed by atoms with E-state index in [0.717, 1.165) is 43.5 Å². The maximum absolute atomic E-state index is 13.5. The monoisotopic (exact) mass is 467 g/mol. The second-order valence-electron chi connectivity index (χ2n) is 9.51. The van der Waals surface area contributed by atoms with Crippen LogP contribution in [-0.2, 0) is 11.2 Å². The third kappa shape index (κ3) is 6.36. The highest BCUT2D eigenvalue weighted by Crippen LogP contribution is 2.20. The van der Waals surface area contributed by atoms with Crippen LogP contribution in [0, 0.1) is 5.92 Å². The molecule has 33 heavy (non-hydrogen) atoms. The Bertz CT molecular complexity index is 926. The molecule has 1 N–H and O–H groups in total. The van der Waals surface area contributed by atoms with Gasteiger partial charge in [0.1, 0.15) is 0 Å². The van der Waals surface area contributed by atoms with Crippen molar-refractivity contribution < 1.29 is 9.59 Å². The predicted octanol–water partition coefficient (Wildman–Crippen LogP) is 4.40. The van der Waals surface area contributed by atoms with Crippen molar-refractivity contribution in [2.45, 2.75) is 51.1 Å². The lowest BCUT2D eigenvalue weighted by molar-refractivity contribution is -0.135. The van der Waals surface area contributed by atoms with Gasteiger partial charge in [0.15, 0.2) is 0 Å². The van der Waals surface area contributed by atoms with E-state index in [9.17, 15) is 9.59 Å². The van der Waals surface area contributed by atoms with Crippen LogP contribution in [0.1, 0.15) is 48.5 Å². The van der Waals surface area contributed by atoms with Crippen LogP contribution in [0.4, 0.5) is 0 Å². The van der Waals surface area contributed by atoms with Crippen molar-refractivity contribution in [3.63, 3.8) is 0 Å². The molecule has 5 nitrogen and oxygen atoms in total. The predicted molar refractivity (Wildman–Crippen MR) is 132 cm³/mol. The average Bonchev–Trinajstić information content (AvgIpc) is 2.85. The fourth-order valence-electron chi connectivity index (χ4n) is 4.98. The van der Waals surface area contributed by atoms with Crippen LogP contribution in [0.25, 0.3) is 0 Å². The molecule has 0 spiro atoms. The molecule has 1 unspecified atom stereocenters. The van der Waals surface area contributed by atoms with Crippen LogP contribution in [0.5, 0.6) is 0 Å². The summed E-state index contributed by atoms with van der Waals surface area (Å²) in [6.45, 7) is 5.30. The third-order valence-electron chi connectivity index (χ3n) is 6.86. The zero-order chi connectivity index (χ0) is 23.2. The van der Waals surface area contributed by atoms with E-state index in [1.807, 2.05) is 64.4 Å². The minimum atomic E-state index is -0.266. The first-order chi connectivity index (χ1) is 16.0. The van der Waals surface area contributed by atoms with Gasteiger partial charge >= 0.3 is 0 Å². The van der Waals surface area contributed by atoms with Crippen LogP contribution < -0.4 is 5.32 Å². The largest absolute Gasteiger partial charge is 0.341 e. The first-order valence-corrected chi connectivity index (χ1v) is 12.5. The Morgan fingerprint density at radius 1 is 0.970 bits per heavy atom. The van der Waals surface area contributed by atoms with Crippen molar-refractivity contribution in [2.24, 2.45) is 5.92 Å². The summed E-state index contributed by atoms with van der Waals surface area (Å²) >= 11 is 6.06. The van der Waals surface area contributed by atoms with Gasteiger partial charge in [-0.25, -0.2) is 0 Å². The van der Waals surface area contributed by atoms with Gasteiger partial charge in [0.05, 0.1) is 6.04 Å². The molecule has 2 heterocycles. The number of carbonyl (C=O) groups excluding carboxylic acids is 2. The lowest BCUT2D eigenvalue weighted by atomic mass is 9.96. The van der Waals surface area contributed by atoms with Crippen molar-refractivity contribution in [3.8, 4) is 0 Å². The molecule has 2 aliphatic heterocycles. The van der Waals surface area contributed by atoms with E-state index < -0.39 is 0 Å². The molecule has 2 aromatic rings. The molecule has 6 heteroatoms. The fourth-order valence-corrected chi connectivity index (χ4v) is 5.11. The average molecular weight is 468 g/mol. The van der Waals surface area contributed by atoms with Gasteiger partial charge in [-0.15, -0.1) is 0 Å². The summed E-state index contributed by atoms with van der Waals surface area (Å²) in [5.74, 6) is 0.829. The maximum Gasteiger partial charge on any atom is 0.253 e. The molecule has 2 atom stereocenters. The molecule has 2 fully saturated rings. The van der Waals surface area contributed by atoms with Gasteiger partial charge in [0.25, 0.3) is 5.91 Å². The first-order valence-electron chi connectivity index (χ1n) is 12.1. The molecular weight excluding hydrogens is 434 g/mol. The Morgan fingerprint density at radius 2 is 1.67 bits per heavy atom. The number of hydrogen-bond acceptors (Lipinski definition) is 3. The first kappa shape index (κ1) is 23.8. The van der Waals surface area contributed by atoms with Crippen molar-refractivity contribution >= 4 is 23.4 Å². The minimum absolute atomic E-state index is 0.0881. The Hall–Kier alpha value is -2.37. The van der Waals surface area contributed by atoms with Crippen LogP contribution in [0.2, 0.25) is 5.02 Å². The second-order valence-corrected chi connectivity index (χ2v) is 9.95. The quantitative estimate of drug-likeness (QED) is 0.684. The van der Waals surface area contributed by atoms with Gasteiger partial charge in [0, 0.05) is 42.8 Å². The number of rotatable bonds is 6. The highest BCUT2D eigenvalue weighted by atomic mass is 35.5. The van der Waals surface area contributed by atoms with Crippen LogP contribution in [-0.4, -0.2) is 59.9 Å². The molecule has 0 aliphatic carbocycles. The molecule has 0 aromatic heterocycles. The Labute approximate surface area is 202 Å².